The van der Waals surface area contributed by atoms with E-state index < -0.39 is 11.7 Å². The first-order valence-corrected chi connectivity index (χ1v) is 6.43. The fourth-order valence-corrected chi connectivity index (χ4v) is 2.33. The molecule has 0 fully saturated rings. The topological polar surface area (TPSA) is 83.8 Å². The maximum atomic E-state index is 13.8. The summed E-state index contributed by atoms with van der Waals surface area (Å²) in [4.78, 5) is 18.8. The molecule has 0 unspecified atom stereocenters. The molecule has 0 aliphatic carbocycles. The number of aromatic amines is 1. The van der Waals surface area contributed by atoms with Crippen molar-refractivity contribution in [2.24, 2.45) is 5.84 Å². The highest BCUT2D eigenvalue weighted by Crippen LogP contribution is 2.28. The van der Waals surface area contributed by atoms with Gasteiger partial charge < -0.3 is 4.98 Å². The van der Waals surface area contributed by atoms with Crippen LogP contribution in [-0.2, 0) is 0 Å². The van der Waals surface area contributed by atoms with Crippen molar-refractivity contribution in [2.75, 3.05) is 0 Å². The molecule has 2 aromatic carbocycles. The monoisotopic (exact) mass is 304 g/mol. The summed E-state index contributed by atoms with van der Waals surface area (Å²) >= 11 is 6.11. The minimum Gasteiger partial charge on any atom is -0.338 e. The lowest BCUT2D eigenvalue weighted by molar-refractivity contribution is 0.0954. The van der Waals surface area contributed by atoms with Crippen LogP contribution in [0.5, 0.6) is 0 Å². The second-order valence-electron chi connectivity index (χ2n) is 4.39. The van der Waals surface area contributed by atoms with Crippen LogP contribution >= 0.6 is 11.6 Å². The zero-order valence-electron chi connectivity index (χ0n) is 10.7. The van der Waals surface area contributed by atoms with Gasteiger partial charge in [0.05, 0.1) is 16.1 Å². The highest BCUT2D eigenvalue weighted by molar-refractivity contribution is 6.35. The number of nitrogens with one attached hydrogen (secondary N) is 2. The molecular weight excluding hydrogens is 295 g/mol. The molecule has 1 heterocycles. The van der Waals surface area contributed by atoms with E-state index in [1.165, 1.54) is 12.1 Å². The van der Waals surface area contributed by atoms with E-state index in [-0.39, 0.29) is 5.02 Å². The largest absolute Gasteiger partial charge is 0.338 e. The maximum Gasteiger partial charge on any atom is 0.265 e. The molecule has 1 amide bonds. The molecule has 4 N–H and O–H groups in total. The van der Waals surface area contributed by atoms with E-state index in [1.54, 1.807) is 24.3 Å². The number of halogens is 2. The molecule has 3 rings (SSSR count). The van der Waals surface area contributed by atoms with E-state index in [2.05, 4.69) is 9.97 Å². The lowest BCUT2D eigenvalue weighted by Crippen LogP contribution is -2.29. The van der Waals surface area contributed by atoms with Crippen LogP contribution in [0.3, 0.4) is 0 Å². The first kappa shape index (κ1) is 13.5. The Morgan fingerprint density at radius 3 is 2.81 bits per heavy atom. The summed E-state index contributed by atoms with van der Waals surface area (Å²) < 4.78 is 13.8. The smallest absolute Gasteiger partial charge is 0.265 e. The molecule has 21 heavy (non-hydrogen) atoms. The van der Waals surface area contributed by atoms with Gasteiger partial charge in [-0.2, -0.15) is 0 Å². The Hall–Kier alpha value is -2.44. The van der Waals surface area contributed by atoms with Crippen LogP contribution in [0, 0.1) is 5.82 Å². The third-order valence-electron chi connectivity index (χ3n) is 3.06. The number of hydrogen-bond acceptors (Lipinski definition) is 3. The number of carbonyl (C=O) groups is 1. The summed E-state index contributed by atoms with van der Waals surface area (Å²) in [5.74, 6) is 4.57. The quantitative estimate of drug-likeness (QED) is 0.386. The summed E-state index contributed by atoms with van der Waals surface area (Å²) in [6.07, 6.45) is 0. The Kier molecular flexibility index (Phi) is 3.32. The van der Waals surface area contributed by atoms with Crippen molar-refractivity contribution >= 4 is 28.5 Å². The van der Waals surface area contributed by atoms with Gasteiger partial charge in [-0.15, -0.1) is 0 Å². The van der Waals surface area contributed by atoms with Gasteiger partial charge in [-0.3, -0.25) is 10.2 Å². The fourth-order valence-electron chi connectivity index (χ4n) is 2.07. The molecular formula is C14H10ClFN4O. The van der Waals surface area contributed by atoms with Crippen molar-refractivity contribution < 1.29 is 9.18 Å². The first-order valence-electron chi connectivity index (χ1n) is 6.05. The molecule has 106 valence electrons. The van der Waals surface area contributed by atoms with E-state index in [4.69, 9.17) is 17.4 Å². The molecule has 0 bridgehead atoms. The van der Waals surface area contributed by atoms with E-state index in [0.29, 0.717) is 28.0 Å². The lowest BCUT2D eigenvalue weighted by Gasteiger charge is -2.00. The Labute approximate surface area is 123 Å². The standard InChI is InChI=1S/C14H10ClFN4O/c15-9-5-7(14(21)20-17)6-11-12(9)19-13(18-11)8-3-1-2-4-10(8)16/h1-6H,17H2,(H,18,19)(H,20,21). The molecule has 7 heteroatoms. The van der Waals surface area contributed by atoms with Crippen LogP contribution in [-0.4, -0.2) is 15.9 Å². The zero-order chi connectivity index (χ0) is 15.0. The van der Waals surface area contributed by atoms with E-state index in [9.17, 15) is 9.18 Å². The third kappa shape index (κ3) is 2.35. The summed E-state index contributed by atoms with van der Waals surface area (Å²) in [5, 5.41) is 0.282. The first-order chi connectivity index (χ1) is 10.1. The molecule has 0 saturated heterocycles. The number of benzene rings is 2. The van der Waals surface area contributed by atoms with Gasteiger partial charge in [-0.25, -0.2) is 15.2 Å². The minimum atomic E-state index is -0.471. The van der Waals surface area contributed by atoms with Crippen LogP contribution in [0.25, 0.3) is 22.4 Å². The Bertz CT molecular complexity index is 846. The number of nitrogens with two attached hydrogens (primary N) is 1. The number of nitrogens with zero attached hydrogens (tertiary/aromatic N) is 1. The maximum absolute atomic E-state index is 13.8. The normalized spacial score (nSPS) is 10.8. The van der Waals surface area contributed by atoms with E-state index >= 15 is 0 Å². The lowest BCUT2D eigenvalue weighted by atomic mass is 10.2. The number of imidazole rings is 1. The van der Waals surface area contributed by atoms with Crippen molar-refractivity contribution in [3.8, 4) is 11.4 Å². The number of H-pyrrole nitrogens is 1. The molecule has 0 aliphatic rings. The van der Waals surface area contributed by atoms with Crippen LogP contribution in [0.4, 0.5) is 4.39 Å². The molecule has 0 aliphatic heterocycles. The summed E-state index contributed by atoms with van der Waals surface area (Å²) in [6.45, 7) is 0. The Morgan fingerprint density at radius 2 is 2.10 bits per heavy atom. The predicted molar refractivity (Wildman–Crippen MR) is 78.2 cm³/mol. The Morgan fingerprint density at radius 1 is 1.33 bits per heavy atom. The van der Waals surface area contributed by atoms with E-state index in [0.717, 1.165) is 0 Å². The van der Waals surface area contributed by atoms with Crippen molar-refractivity contribution in [3.63, 3.8) is 0 Å². The number of fused-ring (bicyclic) bond motifs is 1. The zero-order valence-corrected chi connectivity index (χ0v) is 11.4. The van der Waals surface area contributed by atoms with Crippen molar-refractivity contribution in [2.45, 2.75) is 0 Å². The van der Waals surface area contributed by atoms with Crippen LogP contribution in [0.1, 0.15) is 10.4 Å². The SMILES string of the molecule is NNC(=O)c1cc(Cl)c2nc(-c3ccccc3F)[nH]c2c1. The molecule has 0 radical (unpaired) electrons. The van der Waals surface area contributed by atoms with Gasteiger partial charge in [0.2, 0.25) is 0 Å². The van der Waals surface area contributed by atoms with Gasteiger partial charge >= 0.3 is 0 Å². The summed E-state index contributed by atoms with van der Waals surface area (Å²) in [5.41, 5.74) is 3.64. The number of amides is 1. The molecule has 3 aromatic rings. The van der Waals surface area contributed by atoms with Crippen LogP contribution in [0.15, 0.2) is 36.4 Å². The molecule has 0 spiro atoms. The van der Waals surface area contributed by atoms with Crippen molar-refractivity contribution in [1.29, 1.82) is 0 Å². The second kappa shape index (κ2) is 5.16. The van der Waals surface area contributed by atoms with Gasteiger partial charge in [0.25, 0.3) is 5.91 Å². The van der Waals surface area contributed by atoms with Gasteiger partial charge in [0.1, 0.15) is 17.2 Å². The number of hydrogen-bond donors (Lipinski definition) is 3. The van der Waals surface area contributed by atoms with Gasteiger partial charge in [-0.05, 0) is 24.3 Å². The van der Waals surface area contributed by atoms with Crippen molar-refractivity contribution in [1.82, 2.24) is 15.4 Å². The van der Waals surface area contributed by atoms with Gasteiger partial charge in [-0.1, -0.05) is 23.7 Å². The van der Waals surface area contributed by atoms with Crippen LogP contribution in [0.2, 0.25) is 5.02 Å². The summed E-state index contributed by atoms with van der Waals surface area (Å²) in [7, 11) is 0. The number of nitrogen functional groups attached to an aromatic ring is 1. The van der Waals surface area contributed by atoms with Crippen LogP contribution < -0.4 is 11.3 Å². The molecule has 1 aromatic heterocycles. The van der Waals surface area contributed by atoms with E-state index in [1.807, 2.05) is 5.43 Å². The number of carbonyl (C=O) groups excluding carboxylic acids is 1. The highest BCUT2D eigenvalue weighted by atomic mass is 35.5. The average Bonchev–Trinajstić information content (AvgIpc) is 2.91. The predicted octanol–water partition coefficient (Wildman–Crippen LogP) is 2.63. The molecule has 0 atom stereocenters. The van der Waals surface area contributed by atoms with Gasteiger partial charge in [0.15, 0.2) is 0 Å². The van der Waals surface area contributed by atoms with Crippen molar-refractivity contribution in [3.05, 3.63) is 52.8 Å². The number of hydrazine groups is 1. The second-order valence-corrected chi connectivity index (χ2v) is 4.80. The minimum absolute atomic E-state index is 0.282. The number of rotatable bonds is 2. The average molecular weight is 305 g/mol. The Balaban J connectivity index is 2.19. The summed E-state index contributed by atoms with van der Waals surface area (Å²) in [6, 6.07) is 9.27. The third-order valence-corrected chi connectivity index (χ3v) is 3.35. The highest BCUT2D eigenvalue weighted by Gasteiger charge is 2.14. The fraction of sp³-hybridized carbons (Fsp3) is 0. The molecule has 5 nitrogen and oxygen atoms in total. The van der Waals surface area contributed by atoms with Gasteiger partial charge in [0, 0.05) is 5.56 Å². The number of aromatic nitrogens is 2. The molecule has 0 saturated carbocycles.